The van der Waals surface area contributed by atoms with E-state index in [0.717, 1.165) is 24.8 Å². The predicted octanol–water partition coefficient (Wildman–Crippen LogP) is 3.53. The van der Waals surface area contributed by atoms with Gasteiger partial charge in [-0.2, -0.15) is 10.5 Å². The average Bonchev–Trinajstić information content (AvgIpc) is 2.40. The van der Waals surface area contributed by atoms with E-state index in [-0.39, 0.29) is 5.41 Å². The Labute approximate surface area is 102 Å². The molecule has 2 nitrogen and oxygen atoms in total. The van der Waals surface area contributed by atoms with Gasteiger partial charge in [0.15, 0.2) is 0 Å². The molecule has 0 saturated heterocycles. The van der Waals surface area contributed by atoms with Gasteiger partial charge in [-0.1, -0.05) is 31.9 Å². The molecule has 0 bridgehead atoms. The van der Waals surface area contributed by atoms with Gasteiger partial charge in [0.25, 0.3) is 0 Å². The Balaban J connectivity index is 2.41. The topological polar surface area (TPSA) is 47.6 Å². The maximum absolute atomic E-state index is 9.58. The molecule has 0 N–H and O–H groups in total. The van der Waals surface area contributed by atoms with Crippen molar-refractivity contribution in [1.29, 1.82) is 10.5 Å². The van der Waals surface area contributed by atoms with Crippen LogP contribution < -0.4 is 0 Å². The first-order chi connectivity index (χ1) is 8.23. The summed E-state index contributed by atoms with van der Waals surface area (Å²) in [5.74, 6) is 0.397. The van der Waals surface area contributed by atoms with Gasteiger partial charge in [-0.3, -0.25) is 0 Å². The number of hydrogen-bond acceptors (Lipinski definition) is 2. The van der Waals surface area contributed by atoms with Crippen molar-refractivity contribution in [3.05, 3.63) is 35.4 Å². The molecule has 1 aromatic carbocycles. The minimum atomic E-state index is -0.341. The van der Waals surface area contributed by atoms with Crippen LogP contribution in [0.15, 0.2) is 24.3 Å². The Kier molecular flexibility index (Phi) is 3.16. The van der Waals surface area contributed by atoms with Crippen LogP contribution in [0.5, 0.6) is 0 Å². The Morgan fingerprint density at radius 1 is 1.18 bits per heavy atom. The Hall–Kier alpha value is -1.80. The summed E-state index contributed by atoms with van der Waals surface area (Å²) in [4.78, 5) is 0. The fourth-order valence-electron chi connectivity index (χ4n) is 2.85. The molecular formula is C15H16N2. The van der Waals surface area contributed by atoms with E-state index in [1.807, 2.05) is 24.3 Å². The van der Waals surface area contributed by atoms with E-state index in [2.05, 4.69) is 19.1 Å². The fourth-order valence-corrected chi connectivity index (χ4v) is 2.85. The van der Waals surface area contributed by atoms with Crippen LogP contribution >= 0.6 is 0 Å². The fraction of sp³-hybridized carbons (Fsp3) is 0.467. The predicted molar refractivity (Wildman–Crippen MR) is 66.1 cm³/mol. The van der Waals surface area contributed by atoms with E-state index < -0.39 is 0 Å². The van der Waals surface area contributed by atoms with E-state index in [0.29, 0.717) is 11.5 Å². The Morgan fingerprint density at radius 3 is 2.41 bits per heavy atom. The second kappa shape index (κ2) is 4.60. The lowest BCUT2D eigenvalue weighted by atomic mass is 9.64. The third-order valence-electron chi connectivity index (χ3n) is 4.03. The first-order valence-electron chi connectivity index (χ1n) is 6.15. The standard InChI is InChI=1S/C15H16N2/c1-12-4-2-3-9-15(12,11-17)14-7-5-13(10-16)6-8-14/h5-8,12H,2-4,9H2,1H3/t12-,15+/m0/s1. The van der Waals surface area contributed by atoms with Gasteiger partial charge in [-0.25, -0.2) is 0 Å². The van der Waals surface area contributed by atoms with Crippen molar-refractivity contribution in [3.63, 3.8) is 0 Å². The van der Waals surface area contributed by atoms with Crippen molar-refractivity contribution in [3.8, 4) is 12.1 Å². The molecule has 86 valence electrons. The summed E-state index contributed by atoms with van der Waals surface area (Å²) < 4.78 is 0. The molecule has 0 unspecified atom stereocenters. The van der Waals surface area contributed by atoms with Crippen LogP contribution in [0.25, 0.3) is 0 Å². The maximum Gasteiger partial charge on any atom is 0.0991 e. The van der Waals surface area contributed by atoms with Crippen molar-refractivity contribution in [1.82, 2.24) is 0 Å². The van der Waals surface area contributed by atoms with Crippen molar-refractivity contribution in [2.45, 2.75) is 38.0 Å². The number of nitriles is 2. The van der Waals surface area contributed by atoms with E-state index in [9.17, 15) is 5.26 Å². The molecule has 17 heavy (non-hydrogen) atoms. The molecule has 0 amide bonds. The van der Waals surface area contributed by atoms with Crippen LogP contribution in [0.4, 0.5) is 0 Å². The van der Waals surface area contributed by atoms with Crippen LogP contribution in [-0.2, 0) is 5.41 Å². The summed E-state index contributed by atoms with van der Waals surface area (Å²) in [5.41, 5.74) is 1.39. The molecule has 0 heterocycles. The summed E-state index contributed by atoms with van der Waals surface area (Å²) in [6.07, 6.45) is 4.41. The van der Waals surface area contributed by atoms with Crippen LogP contribution in [0.2, 0.25) is 0 Å². The molecule has 1 aliphatic carbocycles. The van der Waals surface area contributed by atoms with Crippen molar-refractivity contribution in [2.24, 2.45) is 5.92 Å². The zero-order valence-corrected chi connectivity index (χ0v) is 10.1. The van der Waals surface area contributed by atoms with E-state index in [1.54, 1.807) is 0 Å². The minimum Gasteiger partial charge on any atom is -0.197 e. The van der Waals surface area contributed by atoms with Gasteiger partial charge in [-0.05, 0) is 36.5 Å². The molecule has 1 aliphatic rings. The SMILES string of the molecule is C[C@H]1CCCC[C@]1(C#N)c1ccc(C#N)cc1. The summed E-state index contributed by atoms with van der Waals surface area (Å²) >= 11 is 0. The molecule has 0 spiro atoms. The summed E-state index contributed by atoms with van der Waals surface area (Å²) in [7, 11) is 0. The number of hydrogen-bond donors (Lipinski definition) is 0. The van der Waals surface area contributed by atoms with Gasteiger partial charge >= 0.3 is 0 Å². The first kappa shape index (κ1) is 11.7. The largest absolute Gasteiger partial charge is 0.197 e. The highest BCUT2D eigenvalue weighted by Crippen LogP contribution is 2.43. The van der Waals surface area contributed by atoms with Crippen LogP contribution in [0.1, 0.15) is 43.7 Å². The first-order valence-corrected chi connectivity index (χ1v) is 6.15. The zero-order chi connectivity index (χ0) is 12.3. The molecule has 0 aromatic heterocycles. The van der Waals surface area contributed by atoms with Gasteiger partial charge < -0.3 is 0 Å². The molecule has 0 aliphatic heterocycles. The zero-order valence-electron chi connectivity index (χ0n) is 10.1. The highest BCUT2D eigenvalue weighted by Gasteiger charge is 2.39. The van der Waals surface area contributed by atoms with Crippen LogP contribution in [0.3, 0.4) is 0 Å². The number of benzene rings is 1. The summed E-state index contributed by atoms with van der Waals surface area (Å²) in [6.45, 7) is 2.17. The molecule has 0 radical (unpaired) electrons. The Bertz CT molecular complexity index is 475. The van der Waals surface area contributed by atoms with Crippen molar-refractivity contribution in [2.75, 3.05) is 0 Å². The minimum absolute atomic E-state index is 0.341. The lowest BCUT2D eigenvalue weighted by molar-refractivity contribution is 0.261. The van der Waals surface area contributed by atoms with Crippen LogP contribution in [0, 0.1) is 28.6 Å². The number of rotatable bonds is 1. The third-order valence-corrected chi connectivity index (χ3v) is 4.03. The van der Waals surface area contributed by atoms with Gasteiger partial charge in [0.05, 0.1) is 23.1 Å². The molecule has 2 rings (SSSR count). The Morgan fingerprint density at radius 2 is 1.88 bits per heavy atom. The monoisotopic (exact) mass is 224 g/mol. The molecule has 2 atom stereocenters. The molecule has 1 saturated carbocycles. The average molecular weight is 224 g/mol. The smallest absolute Gasteiger partial charge is 0.0991 e. The van der Waals surface area contributed by atoms with Crippen molar-refractivity contribution < 1.29 is 0 Å². The lowest BCUT2D eigenvalue weighted by Gasteiger charge is -2.37. The highest BCUT2D eigenvalue weighted by molar-refractivity contribution is 5.39. The van der Waals surface area contributed by atoms with Gasteiger partial charge in [0.1, 0.15) is 0 Å². The quantitative estimate of drug-likeness (QED) is 0.732. The molecule has 2 heteroatoms. The van der Waals surface area contributed by atoms with E-state index >= 15 is 0 Å². The van der Waals surface area contributed by atoms with Gasteiger partial charge in [0.2, 0.25) is 0 Å². The normalized spacial score (nSPS) is 28.1. The molecular weight excluding hydrogens is 208 g/mol. The molecule has 1 fully saturated rings. The van der Waals surface area contributed by atoms with Gasteiger partial charge in [0, 0.05) is 0 Å². The van der Waals surface area contributed by atoms with E-state index in [1.165, 1.54) is 6.42 Å². The summed E-state index contributed by atoms with van der Waals surface area (Å²) in [5, 5.41) is 18.4. The second-order valence-electron chi connectivity index (χ2n) is 4.92. The van der Waals surface area contributed by atoms with Crippen LogP contribution in [-0.4, -0.2) is 0 Å². The van der Waals surface area contributed by atoms with Gasteiger partial charge in [-0.15, -0.1) is 0 Å². The highest BCUT2D eigenvalue weighted by atomic mass is 14.4. The maximum atomic E-state index is 9.58. The lowest BCUT2D eigenvalue weighted by Crippen LogP contribution is -2.35. The second-order valence-corrected chi connectivity index (χ2v) is 4.92. The summed E-state index contributed by atoms with van der Waals surface area (Å²) in [6, 6.07) is 12.2. The number of nitrogens with zero attached hydrogens (tertiary/aromatic N) is 2. The molecule has 1 aromatic rings. The van der Waals surface area contributed by atoms with Crippen molar-refractivity contribution >= 4 is 0 Å². The van der Waals surface area contributed by atoms with E-state index in [4.69, 9.17) is 5.26 Å². The third kappa shape index (κ3) is 1.92.